The van der Waals surface area contributed by atoms with Gasteiger partial charge in [0.05, 0.1) is 4.58 Å². The molecule has 0 atom stereocenters. The van der Waals surface area contributed by atoms with Gasteiger partial charge in [-0.05, 0) is 16.3 Å². The van der Waals surface area contributed by atoms with E-state index < -0.39 is 0 Å². The molecule has 0 unspecified atom stereocenters. The van der Waals surface area contributed by atoms with Crippen LogP contribution < -0.4 is 0 Å². The van der Waals surface area contributed by atoms with Gasteiger partial charge in [-0.3, -0.25) is 0 Å². The minimum Gasteiger partial charge on any atom is -0.142 e. The predicted molar refractivity (Wildman–Crippen MR) is 71.6 cm³/mol. The molecule has 0 amide bonds. The molecular formula is C13H12S2. The maximum Gasteiger partial charge on any atom is 0.0757 e. The van der Waals surface area contributed by atoms with Crippen molar-refractivity contribution in [2.24, 2.45) is 0 Å². The highest BCUT2D eigenvalue weighted by Gasteiger charge is 2.19. The van der Waals surface area contributed by atoms with Crippen LogP contribution in [-0.2, 0) is 0 Å². The Hall–Kier alpha value is -0.600. The van der Waals surface area contributed by atoms with Crippen molar-refractivity contribution in [2.75, 3.05) is 11.5 Å². The number of rotatable bonds is 1. The van der Waals surface area contributed by atoms with Crippen molar-refractivity contribution in [1.82, 2.24) is 0 Å². The fraction of sp³-hybridized carbons (Fsp3) is 0.231. The van der Waals surface area contributed by atoms with E-state index in [4.69, 9.17) is 0 Å². The molecule has 1 aliphatic heterocycles. The zero-order chi connectivity index (χ0) is 10.1. The van der Waals surface area contributed by atoms with Gasteiger partial charge in [0.1, 0.15) is 0 Å². The smallest absolute Gasteiger partial charge is 0.0757 e. The summed E-state index contributed by atoms with van der Waals surface area (Å²) in [5.74, 6) is 2.58. The highest BCUT2D eigenvalue weighted by atomic mass is 32.2. The van der Waals surface area contributed by atoms with Crippen molar-refractivity contribution in [2.45, 2.75) is 4.58 Å². The maximum absolute atomic E-state index is 2.28. The van der Waals surface area contributed by atoms with E-state index in [1.54, 1.807) is 0 Å². The fourth-order valence-corrected chi connectivity index (χ4v) is 4.92. The lowest BCUT2D eigenvalue weighted by Crippen LogP contribution is -1.86. The van der Waals surface area contributed by atoms with Gasteiger partial charge in [-0.2, -0.15) is 0 Å². The molecule has 3 rings (SSSR count). The first-order chi connectivity index (χ1) is 7.45. The van der Waals surface area contributed by atoms with E-state index in [2.05, 4.69) is 66.0 Å². The third-order valence-corrected chi connectivity index (χ3v) is 5.77. The highest BCUT2D eigenvalue weighted by Crippen LogP contribution is 2.47. The summed E-state index contributed by atoms with van der Waals surface area (Å²) in [7, 11) is 0. The number of benzene rings is 2. The summed E-state index contributed by atoms with van der Waals surface area (Å²) in [4.78, 5) is 0. The molecule has 0 saturated carbocycles. The molecule has 0 spiro atoms. The van der Waals surface area contributed by atoms with Crippen LogP contribution in [-0.4, -0.2) is 11.5 Å². The summed E-state index contributed by atoms with van der Waals surface area (Å²) in [5, 5.41) is 2.79. The highest BCUT2D eigenvalue weighted by molar-refractivity contribution is 8.19. The molecule has 2 aromatic carbocycles. The summed E-state index contributed by atoms with van der Waals surface area (Å²) in [6.07, 6.45) is 0. The Kier molecular flexibility index (Phi) is 2.63. The van der Waals surface area contributed by atoms with Crippen molar-refractivity contribution in [3.63, 3.8) is 0 Å². The molecule has 15 heavy (non-hydrogen) atoms. The lowest BCUT2D eigenvalue weighted by atomic mass is 10.1. The van der Waals surface area contributed by atoms with Gasteiger partial charge in [-0.15, -0.1) is 23.5 Å². The van der Waals surface area contributed by atoms with Gasteiger partial charge < -0.3 is 0 Å². The molecule has 2 aromatic rings. The van der Waals surface area contributed by atoms with Crippen molar-refractivity contribution in [3.05, 3.63) is 48.0 Å². The number of hydrogen-bond donors (Lipinski definition) is 0. The number of thioether (sulfide) groups is 2. The quantitative estimate of drug-likeness (QED) is 0.718. The Labute approximate surface area is 98.4 Å². The second-order valence-electron chi connectivity index (χ2n) is 3.64. The van der Waals surface area contributed by atoms with Crippen molar-refractivity contribution in [3.8, 4) is 0 Å². The second-order valence-corrected chi connectivity index (χ2v) is 6.37. The van der Waals surface area contributed by atoms with Crippen LogP contribution in [0.4, 0.5) is 0 Å². The van der Waals surface area contributed by atoms with Gasteiger partial charge in [0.15, 0.2) is 0 Å². The fourth-order valence-electron chi connectivity index (χ4n) is 1.99. The first kappa shape index (κ1) is 9.61. The number of hydrogen-bond acceptors (Lipinski definition) is 2. The molecule has 2 heteroatoms. The van der Waals surface area contributed by atoms with E-state index in [0.29, 0.717) is 4.58 Å². The molecule has 0 aliphatic carbocycles. The summed E-state index contributed by atoms with van der Waals surface area (Å²) < 4.78 is 0.649. The molecule has 0 aromatic heterocycles. The molecule has 0 radical (unpaired) electrons. The SMILES string of the molecule is c1ccc2c(C3SCCS3)cccc2c1. The van der Waals surface area contributed by atoms with Gasteiger partial charge in [0.2, 0.25) is 0 Å². The van der Waals surface area contributed by atoms with E-state index in [1.165, 1.54) is 27.8 Å². The minimum absolute atomic E-state index is 0.649. The molecule has 1 heterocycles. The van der Waals surface area contributed by atoms with Crippen LogP contribution in [0, 0.1) is 0 Å². The molecule has 76 valence electrons. The maximum atomic E-state index is 2.28. The summed E-state index contributed by atoms with van der Waals surface area (Å²) in [6, 6.07) is 15.3. The minimum atomic E-state index is 0.649. The average Bonchev–Trinajstić information content (AvgIpc) is 2.82. The van der Waals surface area contributed by atoms with Crippen LogP contribution in [0.2, 0.25) is 0 Å². The monoisotopic (exact) mass is 232 g/mol. The largest absolute Gasteiger partial charge is 0.142 e. The average molecular weight is 232 g/mol. The van der Waals surface area contributed by atoms with Gasteiger partial charge >= 0.3 is 0 Å². The molecular weight excluding hydrogens is 220 g/mol. The Morgan fingerprint density at radius 2 is 1.60 bits per heavy atom. The van der Waals surface area contributed by atoms with Crippen LogP contribution in [0.1, 0.15) is 10.1 Å². The van der Waals surface area contributed by atoms with Gasteiger partial charge in [-0.25, -0.2) is 0 Å². The van der Waals surface area contributed by atoms with E-state index in [0.717, 1.165) is 0 Å². The molecule has 1 saturated heterocycles. The Balaban J connectivity index is 2.16. The van der Waals surface area contributed by atoms with E-state index in [1.807, 2.05) is 0 Å². The Bertz CT molecular complexity index is 467. The molecule has 0 bridgehead atoms. The van der Waals surface area contributed by atoms with E-state index in [-0.39, 0.29) is 0 Å². The first-order valence-corrected chi connectivity index (χ1v) is 7.26. The summed E-state index contributed by atoms with van der Waals surface area (Å²) >= 11 is 4.15. The first-order valence-electron chi connectivity index (χ1n) is 5.16. The van der Waals surface area contributed by atoms with Crippen molar-refractivity contribution < 1.29 is 0 Å². The Morgan fingerprint density at radius 3 is 2.47 bits per heavy atom. The van der Waals surface area contributed by atoms with Gasteiger partial charge in [-0.1, -0.05) is 42.5 Å². The van der Waals surface area contributed by atoms with Crippen LogP contribution in [0.5, 0.6) is 0 Å². The van der Waals surface area contributed by atoms with Crippen LogP contribution >= 0.6 is 23.5 Å². The lowest BCUT2D eigenvalue weighted by Gasteiger charge is -2.11. The summed E-state index contributed by atoms with van der Waals surface area (Å²) in [5.41, 5.74) is 1.50. The van der Waals surface area contributed by atoms with E-state index >= 15 is 0 Å². The molecule has 1 aliphatic rings. The predicted octanol–water partition coefficient (Wildman–Crippen LogP) is 4.32. The molecule has 0 N–H and O–H groups in total. The molecule has 0 nitrogen and oxygen atoms in total. The standard InChI is InChI=1S/C13H12S2/c1-2-6-11-10(4-1)5-3-7-12(11)13-14-8-9-15-13/h1-7,13H,8-9H2. The second kappa shape index (κ2) is 4.11. The van der Waals surface area contributed by atoms with Crippen molar-refractivity contribution >= 4 is 34.3 Å². The lowest BCUT2D eigenvalue weighted by molar-refractivity contribution is 1.44. The van der Waals surface area contributed by atoms with Gasteiger partial charge in [0.25, 0.3) is 0 Å². The van der Waals surface area contributed by atoms with Gasteiger partial charge in [0, 0.05) is 11.5 Å². The zero-order valence-electron chi connectivity index (χ0n) is 8.35. The van der Waals surface area contributed by atoms with Crippen molar-refractivity contribution in [1.29, 1.82) is 0 Å². The third-order valence-electron chi connectivity index (χ3n) is 2.70. The number of fused-ring (bicyclic) bond motifs is 1. The molecule has 1 fully saturated rings. The van der Waals surface area contributed by atoms with E-state index in [9.17, 15) is 0 Å². The summed E-state index contributed by atoms with van der Waals surface area (Å²) in [6.45, 7) is 0. The Morgan fingerprint density at radius 1 is 0.867 bits per heavy atom. The normalized spacial score (nSPS) is 17.3. The van der Waals surface area contributed by atoms with Crippen LogP contribution in [0.3, 0.4) is 0 Å². The van der Waals surface area contributed by atoms with Crippen LogP contribution in [0.25, 0.3) is 10.8 Å². The topological polar surface area (TPSA) is 0 Å². The zero-order valence-corrected chi connectivity index (χ0v) is 9.98. The third kappa shape index (κ3) is 1.77. The van der Waals surface area contributed by atoms with Crippen LogP contribution in [0.15, 0.2) is 42.5 Å².